The minimum atomic E-state index is -0.169. The molecule has 0 aliphatic heterocycles. The molecule has 0 atom stereocenters. The number of hydrogen-bond donors (Lipinski definition) is 0. The monoisotopic (exact) mass is 358 g/mol. The van der Waals surface area contributed by atoms with Gasteiger partial charge in [0.15, 0.2) is 5.76 Å². The lowest BCUT2D eigenvalue weighted by molar-refractivity contribution is 0.102. The van der Waals surface area contributed by atoms with E-state index in [2.05, 4.69) is 12.1 Å². The number of rotatable bonds is 4. The van der Waals surface area contributed by atoms with E-state index in [1.807, 2.05) is 48.5 Å². The topological polar surface area (TPSA) is 30.2 Å². The fourth-order valence-electron chi connectivity index (χ4n) is 2.80. The van der Waals surface area contributed by atoms with Gasteiger partial charge in [0.05, 0.1) is 0 Å². The van der Waals surface area contributed by atoms with Gasteiger partial charge in [-0.25, -0.2) is 0 Å². The molecule has 4 rings (SSSR count). The van der Waals surface area contributed by atoms with Crippen LogP contribution in [0.15, 0.2) is 89.4 Å². The second-order valence-electron chi connectivity index (χ2n) is 5.98. The Bertz CT molecular complexity index is 1090. The summed E-state index contributed by atoms with van der Waals surface area (Å²) in [5.74, 6) is 0.160. The van der Waals surface area contributed by atoms with E-state index in [-0.39, 0.29) is 5.78 Å². The Kier molecular flexibility index (Phi) is 4.42. The predicted octanol–water partition coefficient (Wildman–Crippen LogP) is 6.65. The first-order valence-electron chi connectivity index (χ1n) is 8.26. The van der Waals surface area contributed by atoms with Crippen molar-refractivity contribution in [3.8, 4) is 11.1 Å². The average Bonchev–Trinajstić information content (AvgIpc) is 3.11. The Morgan fingerprint density at radius 2 is 1.62 bits per heavy atom. The van der Waals surface area contributed by atoms with E-state index >= 15 is 0 Å². The molecule has 0 N–H and O–H groups in total. The number of fused-ring (bicyclic) bond motifs is 1. The summed E-state index contributed by atoms with van der Waals surface area (Å²) in [5.41, 5.74) is 3.83. The molecule has 0 bridgehead atoms. The smallest absolute Gasteiger partial charge is 0.221 e. The second-order valence-corrected chi connectivity index (χ2v) is 6.41. The third-order valence-corrected chi connectivity index (χ3v) is 4.42. The van der Waals surface area contributed by atoms with Crippen molar-refractivity contribution in [3.63, 3.8) is 0 Å². The van der Waals surface area contributed by atoms with Gasteiger partial charge in [-0.15, -0.1) is 0 Å². The third kappa shape index (κ3) is 3.46. The average molecular weight is 359 g/mol. The van der Waals surface area contributed by atoms with Crippen LogP contribution in [0, 0.1) is 0 Å². The summed E-state index contributed by atoms with van der Waals surface area (Å²) in [6.45, 7) is 0. The summed E-state index contributed by atoms with van der Waals surface area (Å²) in [6, 6.07) is 25.1. The zero-order valence-electron chi connectivity index (χ0n) is 13.9. The molecule has 126 valence electrons. The third-order valence-electron chi connectivity index (χ3n) is 4.16. The van der Waals surface area contributed by atoms with Crippen molar-refractivity contribution in [2.45, 2.75) is 0 Å². The highest BCUT2D eigenvalue weighted by Gasteiger charge is 2.10. The quantitative estimate of drug-likeness (QED) is 0.302. The lowest BCUT2D eigenvalue weighted by atomic mass is 10.0. The van der Waals surface area contributed by atoms with E-state index < -0.39 is 0 Å². The van der Waals surface area contributed by atoms with Gasteiger partial charge in [-0.3, -0.25) is 4.79 Å². The molecule has 0 spiro atoms. The van der Waals surface area contributed by atoms with Gasteiger partial charge >= 0.3 is 0 Å². The molecule has 0 saturated carbocycles. The zero-order valence-corrected chi connectivity index (χ0v) is 14.6. The first kappa shape index (κ1) is 16.4. The Morgan fingerprint density at radius 1 is 0.846 bits per heavy atom. The molecule has 0 aliphatic rings. The number of carbonyl (C=O) groups is 1. The lowest BCUT2D eigenvalue weighted by Gasteiger charge is -2.00. The normalized spacial score (nSPS) is 11.3. The first-order chi connectivity index (χ1) is 12.7. The molecule has 0 aliphatic carbocycles. The highest BCUT2D eigenvalue weighted by atomic mass is 35.5. The highest BCUT2D eigenvalue weighted by molar-refractivity contribution is 6.30. The standard InChI is InChI=1S/C23H15ClO2/c24-20-10-6-16(7-11-20)8-12-21(25)23-15-19-14-18(9-13-22(19)26-23)17-4-2-1-3-5-17/h1-15H/b12-8+. The van der Waals surface area contributed by atoms with Crippen molar-refractivity contribution in [3.05, 3.63) is 101 Å². The SMILES string of the molecule is O=C(/C=C/c1ccc(Cl)cc1)c1cc2cc(-c3ccccc3)ccc2o1. The van der Waals surface area contributed by atoms with Crippen LogP contribution < -0.4 is 0 Å². The van der Waals surface area contributed by atoms with Gasteiger partial charge in [0, 0.05) is 10.4 Å². The van der Waals surface area contributed by atoms with E-state index in [4.69, 9.17) is 16.0 Å². The van der Waals surface area contributed by atoms with Crippen molar-refractivity contribution in [2.24, 2.45) is 0 Å². The maximum Gasteiger partial charge on any atom is 0.221 e. The van der Waals surface area contributed by atoms with Gasteiger partial charge in [0.1, 0.15) is 5.58 Å². The maximum atomic E-state index is 12.4. The summed E-state index contributed by atoms with van der Waals surface area (Å²) in [4.78, 5) is 12.4. The van der Waals surface area contributed by atoms with E-state index in [9.17, 15) is 4.79 Å². The van der Waals surface area contributed by atoms with Crippen LogP contribution in [0.1, 0.15) is 16.1 Å². The number of furan rings is 1. The highest BCUT2D eigenvalue weighted by Crippen LogP contribution is 2.27. The first-order valence-corrected chi connectivity index (χ1v) is 8.64. The molecule has 3 heteroatoms. The molecule has 3 aromatic carbocycles. The van der Waals surface area contributed by atoms with E-state index in [0.29, 0.717) is 16.4 Å². The van der Waals surface area contributed by atoms with Crippen LogP contribution in [-0.2, 0) is 0 Å². The Morgan fingerprint density at radius 3 is 2.38 bits per heavy atom. The Labute approximate surface area is 156 Å². The molecule has 0 unspecified atom stereocenters. The van der Waals surface area contributed by atoms with Crippen LogP contribution in [0.2, 0.25) is 5.02 Å². The van der Waals surface area contributed by atoms with Crippen LogP contribution in [0.3, 0.4) is 0 Å². The minimum Gasteiger partial charge on any atom is -0.453 e. The van der Waals surface area contributed by atoms with E-state index in [0.717, 1.165) is 22.1 Å². The molecular formula is C23H15ClO2. The molecule has 0 saturated heterocycles. The van der Waals surface area contributed by atoms with Crippen molar-refractivity contribution in [1.82, 2.24) is 0 Å². The number of ketones is 1. The molecule has 26 heavy (non-hydrogen) atoms. The van der Waals surface area contributed by atoms with Gasteiger partial charge in [-0.2, -0.15) is 0 Å². The zero-order chi connectivity index (χ0) is 17.9. The Hall–Kier alpha value is -3.10. The lowest BCUT2D eigenvalue weighted by Crippen LogP contribution is -1.90. The van der Waals surface area contributed by atoms with Gasteiger partial charge in [-0.1, -0.05) is 66.2 Å². The van der Waals surface area contributed by atoms with E-state index in [1.54, 1.807) is 24.3 Å². The summed E-state index contributed by atoms with van der Waals surface area (Å²) in [5, 5.41) is 1.58. The Balaban J connectivity index is 1.60. The van der Waals surface area contributed by atoms with Gasteiger partial charge < -0.3 is 4.42 Å². The molecule has 0 radical (unpaired) electrons. The summed E-state index contributed by atoms with van der Waals surface area (Å²) < 4.78 is 5.71. The maximum absolute atomic E-state index is 12.4. The number of halogens is 1. The molecular weight excluding hydrogens is 344 g/mol. The number of hydrogen-bond acceptors (Lipinski definition) is 2. The van der Waals surface area contributed by atoms with Crippen LogP contribution >= 0.6 is 11.6 Å². The number of carbonyl (C=O) groups excluding carboxylic acids is 1. The van der Waals surface area contributed by atoms with Gasteiger partial charge in [0.2, 0.25) is 5.78 Å². The van der Waals surface area contributed by atoms with Gasteiger partial charge in [-0.05, 0) is 53.1 Å². The van der Waals surface area contributed by atoms with Crippen LogP contribution in [-0.4, -0.2) is 5.78 Å². The fraction of sp³-hybridized carbons (Fsp3) is 0. The van der Waals surface area contributed by atoms with Crippen LogP contribution in [0.4, 0.5) is 0 Å². The molecule has 1 heterocycles. The fourth-order valence-corrected chi connectivity index (χ4v) is 2.93. The van der Waals surface area contributed by atoms with Crippen LogP contribution in [0.25, 0.3) is 28.2 Å². The van der Waals surface area contributed by atoms with Crippen LogP contribution in [0.5, 0.6) is 0 Å². The molecule has 1 aromatic heterocycles. The molecule has 2 nitrogen and oxygen atoms in total. The number of benzene rings is 3. The predicted molar refractivity (Wildman–Crippen MR) is 106 cm³/mol. The van der Waals surface area contributed by atoms with Gasteiger partial charge in [0.25, 0.3) is 0 Å². The van der Waals surface area contributed by atoms with Crippen molar-refractivity contribution < 1.29 is 9.21 Å². The minimum absolute atomic E-state index is 0.169. The van der Waals surface area contributed by atoms with Crippen molar-refractivity contribution in [1.29, 1.82) is 0 Å². The largest absolute Gasteiger partial charge is 0.453 e. The summed E-state index contributed by atoms with van der Waals surface area (Å²) in [7, 11) is 0. The molecule has 4 aromatic rings. The summed E-state index contributed by atoms with van der Waals surface area (Å²) in [6.07, 6.45) is 3.26. The number of allylic oxidation sites excluding steroid dienone is 1. The van der Waals surface area contributed by atoms with Crippen molar-refractivity contribution >= 4 is 34.4 Å². The van der Waals surface area contributed by atoms with Crippen molar-refractivity contribution in [2.75, 3.05) is 0 Å². The molecule has 0 amide bonds. The summed E-state index contributed by atoms with van der Waals surface area (Å²) >= 11 is 5.87. The molecule has 0 fully saturated rings. The van der Waals surface area contributed by atoms with E-state index in [1.165, 1.54) is 6.08 Å². The second kappa shape index (κ2) is 7.03.